The summed E-state index contributed by atoms with van der Waals surface area (Å²) in [4.78, 5) is 30.8. The molecule has 0 unspecified atom stereocenters. The molecule has 5 heteroatoms. The molecule has 3 aromatic carbocycles. The van der Waals surface area contributed by atoms with E-state index < -0.39 is 12.0 Å². The number of carbonyl (C=O) groups excluding carboxylic acids is 2. The summed E-state index contributed by atoms with van der Waals surface area (Å²) in [6, 6.07) is 32.0. The van der Waals surface area contributed by atoms with Gasteiger partial charge in [-0.2, -0.15) is 0 Å². The summed E-state index contributed by atoms with van der Waals surface area (Å²) >= 11 is 0. The van der Waals surface area contributed by atoms with Gasteiger partial charge in [-0.3, -0.25) is 14.6 Å². The third-order valence-electron chi connectivity index (χ3n) is 5.66. The average Bonchev–Trinajstić information content (AvgIpc) is 2.89. The van der Waals surface area contributed by atoms with Gasteiger partial charge in [0.1, 0.15) is 6.04 Å². The van der Waals surface area contributed by atoms with Crippen LogP contribution in [0, 0.1) is 0 Å². The van der Waals surface area contributed by atoms with Crippen molar-refractivity contribution in [1.29, 1.82) is 0 Å². The molecule has 0 aliphatic heterocycles. The monoisotopic (exact) mass is 449 g/mol. The van der Waals surface area contributed by atoms with Gasteiger partial charge in [0, 0.05) is 25.4 Å². The topological polar surface area (TPSA) is 71.1 Å². The lowest BCUT2D eigenvalue weighted by Gasteiger charge is -2.23. The predicted molar refractivity (Wildman–Crippen MR) is 133 cm³/mol. The molecular weight excluding hydrogens is 422 g/mol. The highest BCUT2D eigenvalue weighted by atomic mass is 16.2. The molecule has 170 valence electrons. The summed E-state index contributed by atoms with van der Waals surface area (Å²) in [6.45, 7) is 0.364. The summed E-state index contributed by atoms with van der Waals surface area (Å²) in [5.41, 5.74) is 3.67. The van der Waals surface area contributed by atoms with Crippen LogP contribution in [0.2, 0.25) is 0 Å². The van der Waals surface area contributed by atoms with E-state index in [1.807, 2.05) is 103 Å². The zero-order chi connectivity index (χ0) is 23.6. The van der Waals surface area contributed by atoms with Crippen molar-refractivity contribution < 1.29 is 9.59 Å². The van der Waals surface area contributed by atoms with Crippen molar-refractivity contribution in [3.8, 4) is 0 Å². The van der Waals surface area contributed by atoms with E-state index in [1.165, 1.54) is 0 Å². The molecule has 4 rings (SSSR count). The van der Waals surface area contributed by atoms with Gasteiger partial charge in [0.05, 0.1) is 5.92 Å². The van der Waals surface area contributed by atoms with E-state index in [-0.39, 0.29) is 11.8 Å². The van der Waals surface area contributed by atoms with Crippen molar-refractivity contribution in [3.05, 3.63) is 138 Å². The predicted octanol–water partition coefficient (Wildman–Crippen LogP) is 4.26. The second kappa shape index (κ2) is 11.6. The molecule has 1 heterocycles. The molecule has 0 saturated carbocycles. The smallest absolute Gasteiger partial charge is 0.243 e. The van der Waals surface area contributed by atoms with Crippen LogP contribution in [0.25, 0.3) is 0 Å². The Hall–Kier alpha value is -4.25. The molecule has 0 spiro atoms. The average molecular weight is 450 g/mol. The number of carbonyl (C=O) groups is 2. The van der Waals surface area contributed by atoms with E-state index in [9.17, 15) is 9.59 Å². The molecule has 0 aliphatic rings. The summed E-state index contributed by atoms with van der Waals surface area (Å²) in [7, 11) is 0. The largest absolute Gasteiger partial charge is 0.350 e. The molecule has 1 atom stereocenters. The molecule has 5 nitrogen and oxygen atoms in total. The Morgan fingerprint density at radius 3 is 1.74 bits per heavy atom. The minimum atomic E-state index is -0.716. The van der Waals surface area contributed by atoms with Gasteiger partial charge in [-0.1, -0.05) is 91.0 Å². The molecule has 4 aromatic rings. The number of aromatic nitrogens is 1. The minimum absolute atomic E-state index is 0.211. The summed E-state index contributed by atoms with van der Waals surface area (Å²) < 4.78 is 0. The number of nitrogens with one attached hydrogen (secondary N) is 2. The molecule has 1 aromatic heterocycles. The number of pyridine rings is 1. The number of amides is 2. The number of rotatable bonds is 9. The van der Waals surface area contributed by atoms with E-state index in [0.29, 0.717) is 13.0 Å². The SMILES string of the molecule is O=C(N[C@H](Cc1ccccc1)C(=O)NCc1ccncc1)C(c1ccccc1)c1ccccc1. The lowest BCUT2D eigenvalue weighted by Crippen LogP contribution is -2.49. The standard InChI is InChI=1S/C29H27N3O2/c33-28(31-21-23-16-18-30-19-17-23)26(20-22-10-4-1-5-11-22)32-29(34)27(24-12-6-2-7-13-24)25-14-8-3-9-15-25/h1-19,26-27H,20-21H2,(H,31,33)(H,32,34)/t26-/m1/s1. The van der Waals surface area contributed by atoms with Crippen LogP contribution < -0.4 is 10.6 Å². The first kappa shape index (κ1) is 22.9. The molecule has 0 bridgehead atoms. The summed E-state index contributed by atoms with van der Waals surface area (Å²) in [5.74, 6) is -0.958. The zero-order valence-corrected chi connectivity index (χ0v) is 18.8. The lowest BCUT2D eigenvalue weighted by atomic mass is 9.90. The lowest BCUT2D eigenvalue weighted by molar-refractivity contribution is -0.129. The van der Waals surface area contributed by atoms with Gasteiger partial charge >= 0.3 is 0 Å². The Balaban J connectivity index is 1.57. The van der Waals surface area contributed by atoms with Gasteiger partial charge in [-0.05, 0) is 34.4 Å². The normalized spacial score (nSPS) is 11.6. The van der Waals surface area contributed by atoms with Crippen molar-refractivity contribution in [1.82, 2.24) is 15.6 Å². The first-order valence-corrected chi connectivity index (χ1v) is 11.3. The Kier molecular flexibility index (Phi) is 7.80. The Labute approximate surface area is 199 Å². The fourth-order valence-electron chi connectivity index (χ4n) is 3.91. The maximum Gasteiger partial charge on any atom is 0.243 e. The highest BCUT2D eigenvalue weighted by molar-refractivity contribution is 5.92. The second-order valence-electron chi connectivity index (χ2n) is 8.08. The van der Waals surface area contributed by atoms with Crippen LogP contribution in [0.1, 0.15) is 28.2 Å². The first-order chi connectivity index (χ1) is 16.7. The van der Waals surface area contributed by atoms with Gasteiger partial charge in [0.15, 0.2) is 0 Å². The highest BCUT2D eigenvalue weighted by Crippen LogP contribution is 2.25. The molecule has 0 radical (unpaired) electrons. The van der Waals surface area contributed by atoms with Gasteiger partial charge < -0.3 is 10.6 Å². The van der Waals surface area contributed by atoms with Crippen LogP contribution >= 0.6 is 0 Å². The van der Waals surface area contributed by atoms with Crippen LogP contribution in [0.5, 0.6) is 0 Å². The van der Waals surface area contributed by atoms with Crippen molar-refractivity contribution in [2.24, 2.45) is 0 Å². The molecular formula is C29H27N3O2. The van der Waals surface area contributed by atoms with Gasteiger partial charge in [0.25, 0.3) is 0 Å². The van der Waals surface area contributed by atoms with Crippen molar-refractivity contribution in [2.45, 2.75) is 24.9 Å². The van der Waals surface area contributed by atoms with Gasteiger partial charge in [0.2, 0.25) is 11.8 Å². The summed E-state index contributed by atoms with van der Waals surface area (Å²) in [6.07, 6.45) is 3.77. The Morgan fingerprint density at radius 1 is 0.647 bits per heavy atom. The van der Waals surface area contributed by atoms with Crippen LogP contribution in [-0.2, 0) is 22.6 Å². The number of hydrogen-bond acceptors (Lipinski definition) is 3. The van der Waals surface area contributed by atoms with Gasteiger partial charge in [-0.25, -0.2) is 0 Å². The molecule has 0 aliphatic carbocycles. The van der Waals surface area contributed by atoms with Gasteiger partial charge in [-0.15, -0.1) is 0 Å². The maximum atomic E-state index is 13.6. The Morgan fingerprint density at radius 2 is 1.18 bits per heavy atom. The van der Waals surface area contributed by atoms with Crippen molar-refractivity contribution in [3.63, 3.8) is 0 Å². The number of benzene rings is 3. The molecule has 0 fully saturated rings. The van der Waals surface area contributed by atoms with E-state index in [1.54, 1.807) is 12.4 Å². The summed E-state index contributed by atoms with van der Waals surface area (Å²) in [5, 5.41) is 6.00. The molecule has 2 N–H and O–H groups in total. The molecule has 34 heavy (non-hydrogen) atoms. The number of nitrogens with zero attached hydrogens (tertiary/aromatic N) is 1. The fraction of sp³-hybridized carbons (Fsp3) is 0.138. The number of hydrogen-bond donors (Lipinski definition) is 2. The molecule has 2 amide bonds. The van der Waals surface area contributed by atoms with Crippen LogP contribution in [-0.4, -0.2) is 22.8 Å². The van der Waals surface area contributed by atoms with E-state index in [2.05, 4.69) is 15.6 Å². The molecule has 0 saturated heterocycles. The third kappa shape index (κ3) is 6.17. The quantitative estimate of drug-likeness (QED) is 0.401. The van der Waals surface area contributed by atoms with Crippen LogP contribution in [0.15, 0.2) is 116 Å². The fourth-order valence-corrected chi connectivity index (χ4v) is 3.91. The third-order valence-corrected chi connectivity index (χ3v) is 5.66. The highest BCUT2D eigenvalue weighted by Gasteiger charge is 2.28. The van der Waals surface area contributed by atoms with E-state index in [0.717, 1.165) is 22.3 Å². The van der Waals surface area contributed by atoms with Crippen LogP contribution in [0.4, 0.5) is 0 Å². The van der Waals surface area contributed by atoms with Crippen molar-refractivity contribution >= 4 is 11.8 Å². The maximum absolute atomic E-state index is 13.6. The van der Waals surface area contributed by atoms with E-state index >= 15 is 0 Å². The minimum Gasteiger partial charge on any atom is -0.350 e. The van der Waals surface area contributed by atoms with Crippen LogP contribution in [0.3, 0.4) is 0 Å². The first-order valence-electron chi connectivity index (χ1n) is 11.3. The Bertz CT molecular complexity index is 1140. The zero-order valence-electron chi connectivity index (χ0n) is 18.8. The van der Waals surface area contributed by atoms with E-state index in [4.69, 9.17) is 0 Å². The van der Waals surface area contributed by atoms with Crippen molar-refractivity contribution in [2.75, 3.05) is 0 Å². The second-order valence-corrected chi connectivity index (χ2v) is 8.08.